The molecule has 0 radical (unpaired) electrons. The maximum absolute atomic E-state index is 11.3. The van der Waals surface area contributed by atoms with Gasteiger partial charge in [0.05, 0.1) is 12.6 Å². The lowest BCUT2D eigenvalue weighted by Crippen LogP contribution is -2.52. The molecule has 0 rings (SSSR count). The van der Waals surface area contributed by atoms with E-state index in [2.05, 4.69) is 17.1 Å². The number of methoxy groups -OCH3 is 1. The zero-order chi connectivity index (χ0) is 12.7. The lowest BCUT2D eigenvalue weighted by molar-refractivity contribution is -0.120. The summed E-state index contributed by atoms with van der Waals surface area (Å²) in [7, 11) is 3.63. The first-order chi connectivity index (χ1) is 7.38. The number of carbonyl (C=O) groups excluding carboxylic acids is 1. The summed E-state index contributed by atoms with van der Waals surface area (Å²) in [5.74, 6) is -0.315. The van der Waals surface area contributed by atoms with Gasteiger partial charge in [0.2, 0.25) is 5.91 Å². The van der Waals surface area contributed by atoms with Gasteiger partial charge in [-0.25, -0.2) is 0 Å². The maximum atomic E-state index is 11.3. The second kappa shape index (κ2) is 7.60. The molecule has 0 aliphatic rings. The summed E-state index contributed by atoms with van der Waals surface area (Å²) >= 11 is 0. The van der Waals surface area contributed by atoms with Crippen molar-refractivity contribution < 1.29 is 9.53 Å². The van der Waals surface area contributed by atoms with Crippen LogP contribution in [0.1, 0.15) is 20.8 Å². The fraction of sp³-hybridized carbons (Fsp3) is 0.909. The molecule has 0 heterocycles. The number of amides is 1. The first-order valence-corrected chi connectivity index (χ1v) is 5.63. The predicted octanol–water partition coefficient (Wildman–Crippen LogP) is -0.195. The molecule has 0 aromatic carbocycles. The highest BCUT2D eigenvalue weighted by atomic mass is 16.5. The molecular weight excluding hydrogens is 206 g/mol. The van der Waals surface area contributed by atoms with Gasteiger partial charge in [-0.15, -0.1) is 0 Å². The Balaban J connectivity index is 4.22. The van der Waals surface area contributed by atoms with E-state index in [0.29, 0.717) is 13.2 Å². The fourth-order valence-corrected chi connectivity index (χ4v) is 1.46. The number of carbonyl (C=O) groups is 1. The number of ether oxygens (including phenoxy) is 1. The van der Waals surface area contributed by atoms with Crippen LogP contribution in [0.2, 0.25) is 0 Å². The Labute approximate surface area is 98.3 Å². The van der Waals surface area contributed by atoms with Crippen molar-refractivity contribution in [3.8, 4) is 0 Å². The number of nitrogens with two attached hydrogens (primary N) is 1. The number of nitrogens with one attached hydrogen (secondary N) is 1. The van der Waals surface area contributed by atoms with Crippen LogP contribution in [0, 0.1) is 0 Å². The van der Waals surface area contributed by atoms with Crippen molar-refractivity contribution in [1.82, 2.24) is 10.2 Å². The van der Waals surface area contributed by atoms with E-state index < -0.39 is 0 Å². The van der Waals surface area contributed by atoms with Crippen LogP contribution in [0.5, 0.6) is 0 Å². The van der Waals surface area contributed by atoms with E-state index in [-0.39, 0.29) is 24.0 Å². The van der Waals surface area contributed by atoms with E-state index in [0.717, 1.165) is 0 Å². The van der Waals surface area contributed by atoms with Crippen LogP contribution in [-0.2, 0) is 9.53 Å². The molecule has 1 amide bonds. The Morgan fingerprint density at radius 3 is 2.38 bits per heavy atom. The Kier molecular flexibility index (Phi) is 7.29. The van der Waals surface area contributed by atoms with Gasteiger partial charge >= 0.3 is 0 Å². The number of hydrogen-bond donors (Lipinski definition) is 2. The molecule has 0 aromatic heterocycles. The third-order valence-corrected chi connectivity index (χ3v) is 2.51. The van der Waals surface area contributed by atoms with Crippen molar-refractivity contribution in [2.75, 3.05) is 27.3 Å². The van der Waals surface area contributed by atoms with Crippen LogP contribution in [0.4, 0.5) is 0 Å². The molecule has 0 aliphatic carbocycles. The van der Waals surface area contributed by atoms with Gasteiger partial charge in [0, 0.05) is 25.7 Å². The summed E-state index contributed by atoms with van der Waals surface area (Å²) in [6.07, 6.45) is 0. The number of nitrogens with zero attached hydrogens (tertiary/aromatic N) is 1. The van der Waals surface area contributed by atoms with Crippen molar-refractivity contribution in [2.24, 2.45) is 5.73 Å². The number of likely N-dealkylation sites (N-methyl/N-ethyl adjacent to an activating group) is 1. The van der Waals surface area contributed by atoms with Crippen LogP contribution in [0.15, 0.2) is 0 Å². The highest BCUT2D eigenvalue weighted by Gasteiger charge is 2.20. The smallest absolute Gasteiger partial charge is 0.235 e. The standard InChI is InChI=1S/C11H25N3O2/c1-8(2)13-10(11(12)15)6-14(4)9(3)7-16-5/h8-10,13H,6-7H2,1-5H3,(H2,12,15). The zero-order valence-corrected chi connectivity index (χ0v) is 11.0. The molecule has 0 fully saturated rings. The highest BCUT2D eigenvalue weighted by Crippen LogP contribution is 1.99. The molecule has 96 valence electrons. The Hall–Kier alpha value is -0.650. The third kappa shape index (κ3) is 6.05. The SMILES string of the molecule is COCC(C)N(C)CC(NC(C)C)C(N)=O. The Bertz CT molecular complexity index is 209. The predicted molar refractivity (Wildman–Crippen MR) is 65.2 cm³/mol. The minimum absolute atomic E-state index is 0.239. The van der Waals surface area contributed by atoms with Crippen LogP contribution < -0.4 is 11.1 Å². The Morgan fingerprint density at radius 1 is 1.44 bits per heavy atom. The van der Waals surface area contributed by atoms with Crippen LogP contribution >= 0.6 is 0 Å². The summed E-state index contributed by atoms with van der Waals surface area (Å²) in [6.45, 7) is 7.28. The van der Waals surface area contributed by atoms with Gasteiger partial charge in [0.1, 0.15) is 0 Å². The van der Waals surface area contributed by atoms with Crippen LogP contribution in [0.25, 0.3) is 0 Å². The summed E-state index contributed by atoms with van der Waals surface area (Å²) in [5, 5.41) is 3.15. The second-order valence-corrected chi connectivity index (χ2v) is 4.52. The van der Waals surface area contributed by atoms with E-state index >= 15 is 0 Å². The van der Waals surface area contributed by atoms with Crippen molar-refractivity contribution in [3.05, 3.63) is 0 Å². The molecule has 0 aromatic rings. The summed E-state index contributed by atoms with van der Waals surface area (Å²) < 4.78 is 5.07. The number of primary amides is 1. The second-order valence-electron chi connectivity index (χ2n) is 4.52. The topological polar surface area (TPSA) is 67.6 Å². The van der Waals surface area contributed by atoms with Crippen molar-refractivity contribution in [1.29, 1.82) is 0 Å². The van der Waals surface area contributed by atoms with Gasteiger partial charge in [-0.3, -0.25) is 9.69 Å². The largest absolute Gasteiger partial charge is 0.383 e. The average molecular weight is 231 g/mol. The molecule has 0 spiro atoms. The first kappa shape index (κ1) is 15.3. The van der Waals surface area contributed by atoms with Crippen LogP contribution in [-0.4, -0.2) is 56.2 Å². The average Bonchev–Trinajstić information content (AvgIpc) is 2.16. The summed E-state index contributed by atoms with van der Waals surface area (Å²) in [5.41, 5.74) is 5.35. The molecule has 3 N–H and O–H groups in total. The molecule has 0 saturated heterocycles. The quantitative estimate of drug-likeness (QED) is 0.607. The molecule has 5 heteroatoms. The zero-order valence-electron chi connectivity index (χ0n) is 11.0. The number of hydrogen-bond acceptors (Lipinski definition) is 4. The van der Waals surface area contributed by atoms with Gasteiger partial charge in [0.25, 0.3) is 0 Å². The minimum Gasteiger partial charge on any atom is -0.383 e. The molecule has 0 bridgehead atoms. The van der Waals surface area contributed by atoms with Crippen molar-refractivity contribution >= 4 is 5.91 Å². The molecular formula is C11H25N3O2. The number of rotatable bonds is 8. The minimum atomic E-state index is -0.315. The van der Waals surface area contributed by atoms with E-state index in [1.807, 2.05) is 20.9 Å². The molecule has 2 unspecified atom stereocenters. The van der Waals surface area contributed by atoms with Gasteiger partial charge in [0.15, 0.2) is 0 Å². The van der Waals surface area contributed by atoms with Gasteiger partial charge < -0.3 is 15.8 Å². The van der Waals surface area contributed by atoms with E-state index in [9.17, 15) is 4.79 Å². The molecule has 5 nitrogen and oxygen atoms in total. The lowest BCUT2D eigenvalue weighted by Gasteiger charge is -2.28. The monoisotopic (exact) mass is 231 g/mol. The first-order valence-electron chi connectivity index (χ1n) is 5.63. The van der Waals surface area contributed by atoms with Gasteiger partial charge in [-0.1, -0.05) is 13.8 Å². The van der Waals surface area contributed by atoms with Gasteiger partial charge in [-0.05, 0) is 14.0 Å². The normalized spacial score (nSPS) is 15.4. The van der Waals surface area contributed by atoms with E-state index in [1.54, 1.807) is 7.11 Å². The highest BCUT2D eigenvalue weighted by molar-refractivity contribution is 5.80. The molecule has 0 saturated carbocycles. The molecule has 16 heavy (non-hydrogen) atoms. The molecule has 0 aliphatic heterocycles. The maximum Gasteiger partial charge on any atom is 0.235 e. The van der Waals surface area contributed by atoms with Crippen molar-refractivity contribution in [3.63, 3.8) is 0 Å². The Morgan fingerprint density at radius 2 is 2.00 bits per heavy atom. The fourth-order valence-electron chi connectivity index (χ4n) is 1.46. The van der Waals surface area contributed by atoms with E-state index in [1.165, 1.54) is 0 Å². The van der Waals surface area contributed by atoms with E-state index in [4.69, 9.17) is 10.5 Å². The van der Waals surface area contributed by atoms with Crippen molar-refractivity contribution in [2.45, 2.75) is 38.9 Å². The van der Waals surface area contributed by atoms with Gasteiger partial charge in [-0.2, -0.15) is 0 Å². The summed E-state index contributed by atoms with van der Waals surface area (Å²) in [4.78, 5) is 13.3. The lowest BCUT2D eigenvalue weighted by atomic mass is 10.2. The third-order valence-electron chi connectivity index (χ3n) is 2.51. The molecule has 2 atom stereocenters. The summed E-state index contributed by atoms with van der Waals surface area (Å²) in [6, 6.07) is 0.189. The van der Waals surface area contributed by atoms with Crippen LogP contribution in [0.3, 0.4) is 0 Å².